The van der Waals surface area contributed by atoms with Gasteiger partial charge in [-0.25, -0.2) is 0 Å². The SMILES string of the molecule is CCC(=O)Nc1cccc(NC(=O)COc2ccc(Cl)cc2Br)c1. The molecule has 0 saturated heterocycles. The number of benzene rings is 2. The van der Waals surface area contributed by atoms with Gasteiger partial charge in [0.25, 0.3) is 5.91 Å². The summed E-state index contributed by atoms with van der Waals surface area (Å²) in [5, 5.41) is 6.03. The Balaban J connectivity index is 1.92. The molecule has 0 fully saturated rings. The molecule has 2 aromatic carbocycles. The zero-order valence-corrected chi connectivity index (χ0v) is 15.3. The molecular weight excluding hydrogens is 396 g/mol. The summed E-state index contributed by atoms with van der Waals surface area (Å²) in [6.45, 7) is 1.62. The van der Waals surface area contributed by atoms with Gasteiger partial charge >= 0.3 is 0 Å². The first-order valence-electron chi connectivity index (χ1n) is 7.25. The van der Waals surface area contributed by atoms with Crippen molar-refractivity contribution < 1.29 is 14.3 Å². The monoisotopic (exact) mass is 410 g/mol. The second-order valence-corrected chi connectivity index (χ2v) is 6.18. The Morgan fingerprint density at radius 1 is 1.08 bits per heavy atom. The Morgan fingerprint density at radius 3 is 2.38 bits per heavy atom. The van der Waals surface area contributed by atoms with E-state index in [1.54, 1.807) is 49.4 Å². The summed E-state index contributed by atoms with van der Waals surface area (Å²) >= 11 is 9.18. The molecule has 2 aromatic rings. The van der Waals surface area contributed by atoms with Crippen LogP contribution in [0.5, 0.6) is 5.75 Å². The highest BCUT2D eigenvalue weighted by Gasteiger charge is 2.07. The van der Waals surface area contributed by atoms with Gasteiger partial charge in [0.2, 0.25) is 5.91 Å². The van der Waals surface area contributed by atoms with Crippen LogP contribution in [-0.2, 0) is 9.59 Å². The second kappa shape index (κ2) is 8.70. The van der Waals surface area contributed by atoms with Crippen molar-refractivity contribution in [2.75, 3.05) is 17.2 Å². The number of nitrogens with one attached hydrogen (secondary N) is 2. The van der Waals surface area contributed by atoms with E-state index in [9.17, 15) is 9.59 Å². The van der Waals surface area contributed by atoms with E-state index in [1.807, 2.05) is 0 Å². The number of carbonyl (C=O) groups excluding carboxylic acids is 2. The molecule has 0 aliphatic heterocycles. The van der Waals surface area contributed by atoms with Gasteiger partial charge in [-0.15, -0.1) is 0 Å². The average molecular weight is 412 g/mol. The van der Waals surface area contributed by atoms with Crippen molar-refractivity contribution in [3.63, 3.8) is 0 Å². The molecule has 0 aliphatic carbocycles. The smallest absolute Gasteiger partial charge is 0.262 e. The number of carbonyl (C=O) groups is 2. The first-order chi connectivity index (χ1) is 11.5. The molecule has 7 heteroatoms. The number of hydrogen-bond donors (Lipinski definition) is 2. The third kappa shape index (κ3) is 5.54. The minimum Gasteiger partial charge on any atom is -0.483 e. The lowest BCUT2D eigenvalue weighted by Gasteiger charge is -2.10. The van der Waals surface area contributed by atoms with Crippen LogP contribution in [0, 0.1) is 0 Å². The van der Waals surface area contributed by atoms with Crippen molar-refractivity contribution in [1.82, 2.24) is 0 Å². The molecule has 0 spiro atoms. The lowest BCUT2D eigenvalue weighted by atomic mass is 10.2. The van der Waals surface area contributed by atoms with Crippen LogP contribution in [-0.4, -0.2) is 18.4 Å². The third-order valence-corrected chi connectivity index (χ3v) is 3.86. The predicted molar refractivity (Wildman–Crippen MR) is 98.6 cm³/mol. The minimum atomic E-state index is -0.309. The maximum absolute atomic E-state index is 12.0. The highest BCUT2D eigenvalue weighted by molar-refractivity contribution is 9.10. The van der Waals surface area contributed by atoms with Crippen LogP contribution in [0.2, 0.25) is 5.02 Å². The molecule has 126 valence electrons. The molecule has 5 nitrogen and oxygen atoms in total. The molecule has 0 heterocycles. The van der Waals surface area contributed by atoms with E-state index in [1.165, 1.54) is 0 Å². The van der Waals surface area contributed by atoms with Crippen LogP contribution in [0.4, 0.5) is 11.4 Å². The maximum atomic E-state index is 12.0. The number of ether oxygens (including phenoxy) is 1. The molecule has 24 heavy (non-hydrogen) atoms. The van der Waals surface area contributed by atoms with E-state index in [2.05, 4.69) is 26.6 Å². The number of amides is 2. The molecule has 0 atom stereocenters. The van der Waals surface area contributed by atoms with Gasteiger partial charge in [-0.05, 0) is 52.3 Å². The molecular formula is C17H16BrClN2O3. The fraction of sp³-hybridized carbons (Fsp3) is 0.176. The highest BCUT2D eigenvalue weighted by Crippen LogP contribution is 2.27. The zero-order valence-electron chi connectivity index (χ0n) is 12.9. The molecule has 2 amide bonds. The predicted octanol–water partition coefficient (Wildman–Crippen LogP) is 4.47. The van der Waals surface area contributed by atoms with Crippen molar-refractivity contribution in [2.45, 2.75) is 13.3 Å². The fourth-order valence-electron chi connectivity index (χ4n) is 1.86. The summed E-state index contributed by atoms with van der Waals surface area (Å²) < 4.78 is 6.12. The highest BCUT2D eigenvalue weighted by atomic mass is 79.9. The van der Waals surface area contributed by atoms with E-state index in [-0.39, 0.29) is 18.4 Å². The zero-order chi connectivity index (χ0) is 17.5. The summed E-state index contributed by atoms with van der Waals surface area (Å²) in [7, 11) is 0. The summed E-state index contributed by atoms with van der Waals surface area (Å²) in [5.74, 6) is 0.128. The third-order valence-electron chi connectivity index (χ3n) is 3.00. The molecule has 0 radical (unpaired) electrons. The molecule has 0 aromatic heterocycles. The van der Waals surface area contributed by atoms with Gasteiger partial charge in [0, 0.05) is 22.8 Å². The second-order valence-electron chi connectivity index (χ2n) is 4.89. The number of hydrogen-bond acceptors (Lipinski definition) is 3. The maximum Gasteiger partial charge on any atom is 0.262 e. The van der Waals surface area contributed by atoms with E-state index < -0.39 is 0 Å². The molecule has 2 N–H and O–H groups in total. The Bertz CT molecular complexity index is 752. The van der Waals surface area contributed by atoms with Crippen molar-refractivity contribution in [1.29, 1.82) is 0 Å². The van der Waals surface area contributed by atoms with Gasteiger partial charge in [0.05, 0.1) is 4.47 Å². The Kier molecular flexibility index (Phi) is 6.63. The van der Waals surface area contributed by atoms with E-state index in [0.717, 1.165) is 0 Å². The van der Waals surface area contributed by atoms with Gasteiger partial charge in [0.1, 0.15) is 5.75 Å². The first kappa shape index (κ1) is 18.3. The van der Waals surface area contributed by atoms with Gasteiger partial charge in [-0.1, -0.05) is 24.6 Å². The minimum absolute atomic E-state index is 0.0885. The molecule has 0 saturated carbocycles. The Hall–Kier alpha value is -2.05. The van der Waals surface area contributed by atoms with Gasteiger partial charge in [-0.3, -0.25) is 9.59 Å². The summed E-state index contributed by atoms with van der Waals surface area (Å²) in [6, 6.07) is 12.0. The number of halogens is 2. The van der Waals surface area contributed by atoms with Crippen LogP contribution >= 0.6 is 27.5 Å². The van der Waals surface area contributed by atoms with Crippen LogP contribution in [0.25, 0.3) is 0 Å². The lowest BCUT2D eigenvalue weighted by Crippen LogP contribution is -2.20. The summed E-state index contributed by atoms with van der Waals surface area (Å²) in [4.78, 5) is 23.4. The van der Waals surface area contributed by atoms with Crippen molar-refractivity contribution in [3.8, 4) is 5.75 Å². The van der Waals surface area contributed by atoms with Gasteiger partial charge < -0.3 is 15.4 Å². The number of rotatable bonds is 6. The van der Waals surface area contributed by atoms with Crippen LogP contribution in [0.3, 0.4) is 0 Å². The van der Waals surface area contributed by atoms with E-state index >= 15 is 0 Å². The quantitative estimate of drug-likeness (QED) is 0.737. The van der Waals surface area contributed by atoms with Gasteiger partial charge in [0.15, 0.2) is 6.61 Å². The number of anilines is 2. The largest absolute Gasteiger partial charge is 0.483 e. The first-order valence-corrected chi connectivity index (χ1v) is 8.42. The molecule has 0 bridgehead atoms. The topological polar surface area (TPSA) is 67.4 Å². The Labute approximate surface area is 153 Å². The van der Waals surface area contributed by atoms with Crippen molar-refractivity contribution >= 4 is 50.7 Å². The lowest BCUT2D eigenvalue weighted by molar-refractivity contribution is -0.118. The van der Waals surface area contributed by atoms with Gasteiger partial charge in [-0.2, -0.15) is 0 Å². The standard InChI is InChI=1S/C17H16BrClN2O3/c1-2-16(22)20-12-4-3-5-13(9-12)21-17(23)10-24-15-7-6-11(19)8-14(15)18/h3-9H,2,10H2,1H3,(H,20,22)(H,21,23). The van der Waals surface area contributed by atoms with Crippen molar-refractivity contribution in [3.05, 3.63) is 52.0 Å². The average Bonchev–Trinajstić information content (AvgIpc) is 2.54. The normalized spacial score (nSPS) is 10.1. The fourth-order valence-corrected chi connectivity index (χ4v) is 2.65. The van der Waals surface area contributed by atoms with Crippen molar-refractivity contribution in [2.24, 2.45) is 0 Å². The van der Waals surface area contributed by atoms with E-state index in [4.69, 9.17) is 16.3 Å². The molecule has 0 unspecified atom stereocenters. The Morgan fingerprint density at radius 2 is 1.75 bits per heavy atom. The van der Waals surface area contributed by atoms with E-state index in [0.29, 0.717) is 33.0 Å². The van der Waals surface area contributed by atoms with Crippen LogP contribution in [0.15, 0.2) is 46.9 Å². The van der Waals surface area contributed by atoms with Crippen LogP contribution in [0.1, 0.15) is 13.3 Å². The molecule has 0 aliphatic rings. The summed E-state index contributed by atoms with van der Waals surface area (Å²) in [5.41, 5.74) is 1.20. The molecule has 2 rings (SSSR count). The summed E-state index contributed by atoms with van der Waals surface area (Å²) in [6.07, 6.45) is 0.389. The van der Waals surface area contributed by atoms with Crippen LogP contribution < -0.4 is 15.4 Å².